The Morgan fingerprint density at radius 1 is 1.08 bits per heavy atom. The Morgan fingerprint density at radius 2 is 1.68 bits per heavy atom. The van der Waals surface area contributed by atoms with Gasteiger partial charge in [-0.25, -0.2) is 0 Å². The Hall–Kier alpha value is -2.79. The van der Waals surface area contributed by atoms with E-state index < -0.39 is 17.7 Å². The molecule has 1 aliphatic rings. The number of hydrogen-bond acceptors (Lipinski definition) is 4. The number of hydrogen-bond donors (Lipinski definition) is 1. The van der Waals surface area contributed by atoms with Gasteiger partial charge in [0.1, 0.15) is 11.5 Å². The molecule has 0 radical (unpaired) electrons. The molecule has 6 heteroatoms. The number of rotatable bonds is 3. The van der Waals surface area contributed by atoms with E-state index in [-0.39, 0.29) is 11.3 Å². The molecule has 3 rings (SSSR count). The van der Waals surface area contributed by atoms with Gasteiger partial charge >= 0.3 is 0 Å². The van der Waals surface area contributed by atoms with Crippen LogP contribution in [0.15, 0.2) is 54.1 Å². The van der Waals surface area contributed by atoms with E-state index >= 15 is 0 Å². The lowest BCUT2D eigenvalue weighted by atomic mass is 9.95. The smallest absolute Gasteiger partial charge is 0.295 e. The minimum atomic E-state index is -0.712. The van der Waals surface area contributed by atoms with Gasteiger partial charge in [0.15, 0.2) is 0 Å². The standard InChI is InChI=1S/C19H16ClNO4/c1-21-16(11-3-7-13(20)8-4-11)15(18(23)19(21)24)17(22)12-5-9-14(25-2)10-6-12/h3-10,16,22H,1-2H3/b17-15+/t16-/m0/s1. The SMILES string of the molecule is COc1ccc(/C(O)=C2\C(=O)C(=O)N(C)[C@H]2c2ccc(Cl)cc2)cc1. The molecule has 2 aromatic carbocycles. The first-order valence-electron chi connectivity index (χ1n) is 7.58. The zero-order valence-electron chi connectivity index (χ0n) is 13.7. The van der Waals surface area contributed by atoms with Gasteiger partial charge in [-0.05, 0) is 42.0 Å². The maximum absolute atomic E-state index is 12.4. The average molecular weight is 358 g/mol. The lowest BCUT2D eigenvalue weighted by Gasteiger charge is -2.21. The lowest BCUT2D eigenvalue weighted by molar-refractivity contribution is -0.139. The maximum atomic E-state index is 12.4. The van der Waals surface area contributed by atoms with E-state index in [4.69, 9.17) is 16.3 Å². The molecular formula is C19H16ClNO4. The molecule has 128 valence electrons. The molecule has 2 aromatic rings. The first-order chi connectivity index (χ1) is 11.9. The molecule has 5 nitrogen and oxygen atoms in total. The minimum Gasteiger partial charge on any atom is -0.507 e. The Labute approximate surface area is 150 Å². The summed E-state index contributed by atoms with van der Waals surface area (Å²) in [6, 6.07) is 12.8. The fraction of sp³-hybridized carbons (Fsp3) is 0.158. The number of carbonyl (C=O) groups excluding carboxylic acids is 2. The van der Waals surface area contributed by atoms with Gasteiger partial charge in [0.05, 0.1) is 18.7 Å². The number of nitrogens with zero attached hydrogens (tertiary/aromatic N) is 1. The number of Topliss-reactive ketones (excluding diaryl/α,β-unsaturated/α-hetero) is 1. The minimum absolute atomic E-state index is 0.0555. The molecule has 1 amide bonds. The van der Waals surface area contributed by atoms with Gasteiger partial charge in [-0.3, -0.25) is 9.59 Å². The summed E-state index contributed by atoms with van der Waals surface area (Å²) in [5, 5.41) is 11.2. The van der Waals surface area contributed by atoms with Crippen LogP contribution in [0.3, 0.4) is 0 Å². The third-order valence-electron chi connectivity index (χ3n) is 4.22. The average Bonchev–Trinajstić information content (AvgIpc) is 2.86. The second kappa shape index (κ2) is 6.61. The summed E-state index contributed by atoms with van der Waals surface area (Å²) < 4.78 is 5.09. The Bertz CT molecular complexity index is 856. The summed E-state index contributed by atoms with van der Waals surface area (Å²) in [5.74, 6) is -0.960. The van der Waals surface area contributed by atoms with Crippen LogP contribution in [-0.4, -0.2) is 35.9 Å². The van der Waals surface area contributed by atoms with Crippen molar-refractivity contribution in [1.82, 2.24) is 4.90 Å². The van der Waals surface area contributed by atoms with E-state index in [2.05, 4.69) is 0 Å². The molecule has 1 aliphatic heterocycles. The fourth-order valence-corrected chi connectivity index (χ4v) is 3.01. The van der Waals surface area contributed by atoms with Crippen LogP contribution in [0, 0.1) is 0 Å². The van der Waals surface area contributed by atoms with Crippen LogP contribution >= 0.6 is 11.6 Å². The van der Waals surface area contributed by atoms with E-state index in [0.29, 0.717) is 21.9 Å². The monoisotopic (exact) mass is 357 g/mol. The second-order valence-electron chi connectivity index (χ2n) is 5.69. The van der Waals surface area contributed by atoms with Crippen molar-refractivity contribution in [3.63, 3.8) is 0 Å². The molecule has 0 saturated carbocycles. The van der Waals surface area contributed by atoms with Crippen LogP contribution in [0.1, 0.15) is 17.2 Å². The van der Waals surface area contributed by atoms with Crippen molar-refractivity contribution >= 4 is 29.1 Å². The molecule has 0 aromatic heterocycles. The van der Waals surface area contributed by atoms with Crippen LogP contribution in [-0.2, 0) is 9.59 Å². The van der Waals surface area contributed by atoms with Crippen molar-refractivity contribution in [1.29, 1.82) is 0 Å². The van der Waals surface area contributed by atoms with Crippen molar-refractivity contribution < 1.29 is 19.4 Å². The Morgan fingerprint density at radius 3 is 2.24 bits per heavy atom. The van der Waals surface area contributed by atoms with Crippen LogP contribution < -0.4 is 4.74 Å². The third kappa shape index (κ3) is 2.98. The summed E-state index contributed by atoms with van der Waals surface area (Å²) in [6.45, 7) is 0. The van der Waals surface area contributed by atoms with Crippen molar-refractivity contribution in [2.45, 2.75) is 6.04 Å². The van der Waals surface area contributed by atoms with E-state index in [0.717, 1.165) is 0 Å². The predicted octanol–water partition coefficient (Wildman–Crippen LogP) is 3.40. The van der Waals surface area contributed by atoms with Gasteiger partial charge in [0, 0.05) is 17.6 Å². The number of ether oxygens (including phenoxy) is 1. The predicted molar refractivity (Wildman–Crippen MR) is 94.5 cm³/mol. The summed E-state index contributed by atoms with van der Waals surface area (Å²) >= 11 is 5.91. The number of carbonyl (C=O) groups is 2. The highest BCUT2D eigenvalue weighted by atomic mass is 35.5. The molecule has 0 bridgehead atoms. The highest BCUT2D eigenvalue weighted by Crippen LogP contribution is 2.38. The Kier molecular flexibility index (Phi) is 4.51. The molecule has 1 N–H and O–H groups in total. The molecule has 25 heavy (non-hydrogen) atoms. The first-order valence-corrected chi connectivity index (χ1v) is 7.96. The van der Waals surface area contributed by atoms with Gasteiger partial charge in [-0.1, -0.05) is 23.7 Å². The van der Waals surface area contributed by atoms with Crippen molar-refractivity contribution in [3.05, 3.63) is 70.3 Å². The van der Waals surface area contributed by atoms with Crippen LogP contribution in [0.2, 0.25) is 5.02 Å². The zero-order valence-corrected chi connectivity index (χ0v) is 14.4. The number of amides is 1. The molecule has 1 heterocycles. The van der Waals surface area contributed by atoms with E-state index in [1.54, 1.807) is 48.5 Å². The highest BCUT2D eigenvalue weighted by Gasteiger charge is 2.44. The molecule has 1 atom stereocenters. The van der Waals surface area contributed by atoms with Gasteiger partial charge < -0.3 is 14.7 Å². The first kappa shape index (κ1) is 17.0. The molecule has 1 saturated heterocycles. The van der Waals surface area contributed by atoms with Crippen molar-refractivity contribution in [3.8, 4) is 5.75 Å². The molecule has 0 spiro atoms. The second-order valence-corrected chi connectivity index (χ2v) is 6.13. The maximum Gasteiger partial charge on any atom is 0.295 e. The highest BCUT2D eigenvalue weighted by molar-refractivity contribution is 6.46. The lowest BCUT2D eigenvalue weighted by Crippen LogP contribution is -2.24. The number of likely N-dealkylation sites (N-methyl/N-ethyl adjacent to an activating group) is 1. The third-order valence-corrected chi connectivity index (χ3v) is 4.48. The van der Waals surface area contributed by atoms with Crippen LogP contribution in [0.5, 0.6) is 5.75 Å². The van der Waals surface area contributed by atoms with Gasteiger partial charge in [0.25, 0.3) is 11.7 Å². The van der Waals surface area contributed by atoms with E-state index in [1.807, 2.05) is 0 Å². The summed E-state index contributed by atoms with van der Waals surface area (Å²) in [5.41, 5.74) is 1.19. The normalized spacial score (nSPS) is 19.3. The summed E-state index contributed by atoms with van der Waals surface area (Å²) in [4.78, 5) is 26.0. The number of likely N-dealkylation sites (tertiary alicyclic amines) is 1. The fourth-order valence-electron chi connectivity index (χ4n) is 2.89. The summed E-state index contributed by atoms with van der Waals surface area (Å²) in [7, 11) is 3.08. The molecular weight excluding hydrogens is 342 g/mol. The van der Waals surface area contributed by atoms with Crippen molar-refractivity contribution in [2.75, 3.05) is 14.2 Å². The molecule has 0 aliphatic carbocycles. The number of halogens is 1. The molecule has 1 fully saturated rings. The molecule has 0 unspecified atom stereocenters. The summed E-state index contributed by atoms with van der Waals surface area (Å²) in [6.07, 6.45) is 0. The zero-order chi connectivity index (χ0) is 18.1. The number of ketones is 1. The number of aliphatic hydroxyl groups excluding tert-OH is 1. The van der Waals surface area contributed by atoms with Gasteiger partial charge in [0.2, 0.25) is 0 Å². The van der Waals surface area contributed by atoms with E-state index in [1.165, 1.54) is 19.1 Å². The van der Waals surface area contributed by atoms with Gasteiger partial charge in [-0.15, -0.1) is 0 Å². The topological polar surface area (TPSA) is 66.8 Å². The van der Waals surface area contributed by atoms with Crippen molar-refractivity contribution in [2.24, 2.45) is 0 Å². The van der Waals surface area contributed by atoms with Gasteiger partial charge in [-0.2, -0.15) is 0 Å². The number of aliphatic hydroxyl groups is 1. The van der Waals surface area contributed by atoms with Crippen LogP contribution in [0.4, 0.5) is 0 Å². The number of benzene rings is 2. The van der Waals surface area contributed by atoms with E-state index in [9.17, 15) is 14.7 Å². The Balaban J connectivity index is 2.12. The largest absolute Gasteiger partial charge is 0.507 e. The van der Waals surface area contributed by atoms with Crippen LogP contribution in [0.25, 0.3) is 5.76 Å². The quantitative estimate of drug-likeness (QED) is 0.519. The number of methoxy groups -OCH3 is 1.